The van der Waals surface area contributed by atoms with Crippen LogP contribution in [0.2, 0.25) is 18.1 Å². The van der Waals surface area contributed by atoms with E-state index < -0.39 is 8.32 Å². The van der Waals surface area contributed by atoms with E-state index >= 15 is 0 Å². The van der Waals surface area contributed by atoms with Crippen LogP contribution >= 0.6 is 0 Å². The largest absolute Gasteiger partial charge is 0.415 e. The molecule has 0 radical (unpaired) electrons. The molecule has 0 aromatic carbocycles. The van der Waals surface area contributed by atoms with Crippen molar-refractivity contribution in [2.75, 3.05) is 6.61 Å². The molecule has 17 heavy (non-hydrogen) atoms. The molecular formula is C14H31NOSi. The summed E-state index contributed by atoms with van der Waals surface area (Å²) >= 11 is 0. The first-order chi connectivity index (χ1) is 7.72. The van der Waals surface area contributed by atoms with Gasteiger partial charge in [0.1, 0.15) is 0 Å². The minimum Gasteiger partial charge on any atom is -0.415 e. The molecule has 102 valence electrons. The van der Waals surface area contributed by atoms with Gasteiger partial charge in [-0.15, -0.1) is 0 Å². The predicted octanol–water partition coefficient (Wildman–Crippen LogP) is 3.92. The van der Waals surface area contributed by atoms with Crippen molar-refractivity contribution in [1.29, 1.82) is 0 Å². The van der Waals surface area contributed by atoms with Crippen LogP contribution in [0.3, 0.4) is 0 Å². The number of hydrogen-bond donors (Lipinski definition) is 1. The van der Waals surface area contributed by atoms with E-state index in [9.17, 15) is 0 Å². The van der Waals surface area contributed by atoms with E-state index in [1.54, 1.807) is 0 Å². The second kappa shape index (κ2) is 5.85. The van der Waals surface area contributed by atoms with Gasteiger partial charge < -0.3 is 10.2 Å². The van der Waals surface area contributed by atoms with Crippen LogP contribution in [0.5, 0.6) is 0 Å². The topological polar surface area (TPSA) is 35.2 Å². The lowest BCUT2D eigenvalue weighted by atomic mass is 9.99. The SMILES string of the molecule is CC(C)(C)[Si](C)(C)OC[C@@H](N)CC1CCCC1. The molecule has 0 amide bonds. The summed E-state index contributed by atoms with van der Waals surface area (Å²) in [5, 5.41) is 0.292. The molecule has 0 aromatic heterocycles. The zero-order valence-electron chi connectivity index (χ0n) is 12.4. The molecule has 2 nitrogen and oxygen atoms in total. The normalized spacial score (nSPS) is 20.8. The Hall–Kier alpha value is 0.137. The maximum atomic E-state index is 6.20. The summed E-state index contributed by atoms with van der Waals surface area (Å²) in [5.41, 5.74) is 6.20. The summed E-state index contributed by atoms with van der Waals surface area (Å²) in [7, 11) is -1.60. The molecular weight excluding hydrogens is 226 g/mol. The first-order valence-corrected chi connectivity index (χ1v) is 10.0. The van der Waals surface area contributed by atoms with Gasteiger partial charge in [-0.2, -0.15) is 0 Å². The van der Waals surface area contributed by atoms with Gasteiger partial charge in [0.15, 0.2) is 8.32 Å². The van der Waals surface area contributed by atoms with E-state index in [0.29, 0.717) is 5.04 Å². The maximum absolute atomic E-state index is 6.20. The molecule has 1 fully saturated rings. The van der Waals surface area contributed by atoms with Crippen LogP contribution in [0.4, 0.5) is 0 Å². The Balaban J connectivity index is 2.29. The summed E-state index contributed by atoms with van der Waals surface area (Å²) in [5.74, 6) is 0.869. The molecule has 0 heterocycles. The molecule has 0 aliphatic heterocycles. The Bertz CT molecular complexity index is 229. The standard InChI is InChI=1S/C14H31NOSi/c1-14(2,3)17(4,5)16-11-13(15)10-12-8-6-7-9-12/h12-13H,6-11,15H2,1-5H3/t13-/m0/s1. The van der Waals surface area contributed by atoms with Crippen LogP contribution in [0.1, 0.15) is 52.9 Å². The third-order valence-corrected chi connectivity index (χ3v) is 9.08. The molecule has 0 unspecified atom stereocenters. The molecule has 3 heteroatoms. The molecule has 0 spiro atoms. The highest BCUT2D eigenvalue weighted by Gasteiger charge is 2.37. The highest BCUT2D eigenvalue weighted by atomic mass is 28.4. The fourth-order valence-electron chi connectivity index (χ4n) is 2.27. The van der Waals surface area contributed by atoms with Crippen LogP contribution in [0.15, 0.2) is 0 Å². The Morgan fingerprint density at radius 2 is 1.76 bits per heavy atom. The van der Waals surface area contributed by atoms with Crippen molar-refractivity contribution in [2.24, 2.45) is 11.7 Å². The van der Waals surface area contributed by atoms with Crippen molar-refractivity contribution in [3.05, 3.63) is 0 Å². The Kier molecular flexibility index (Phi) is 5.23. The zero-order valence-corrected chi connectivity index (χ0v) is 13.4. The predicted molar refractivity (Wildman–Crippen MR) is 77.7 cm³/mol. The number of hydrogen-bond acceptors (Lipinski definition) is 2. The van der Waals surface area contributed by atoms with Crippen molar-refractivity contribution in [1.82, 2.24) is 0 Å². The molecule has 2 N–H and O–H groups in total. The van der Waals surface area contributed by atoms with Gasteiger partial charge in [-0.25, -0.2) is 0 Å². The van der Waals surface area contributed by atoms with Crippen molar-refractivity contribution >= 4 is 8.32 Å². The monoisotopic (exact) mass is 257 g/mol. The van der Waals surface area contributed by atoms with Gasteiger partial charge in [-0.1, -0.05) is 46.5 Å². The summed E-state index contributed by atoms with van der Waals surface area (Å²) < 4.78 is 6.18. The van der Waals surface area contributed by atoms with Crippen molar-refractivity contribution < 1.29 is 4.43 Å². The van der Waals surface area contributed by atoms with E-state index in [2.05, 4.69) is 33.9 Å². The van der Waals surface area contributed by atoms with Gasteiger partial charge in [-0.3, -0.25) is 0 Å². The first kappa shape index (κ1) is 15.2. The van der Waals surface area contributed by atoms with E-state index in [1.807, 2.05) is 0 Å². The lowest BCUT2D eigenvalue weighted by molar-refractivity contribution is 0.244. The quantitative estimate of drug-likeness (QED) is 0.758. The Labute approximate surface area is 108 Å². The lowest BCUT2D eigenvalue weighted by Gasteiger charge is -2.37. The van der Waals surface area contributed by atoms with Gasteiger partial charge >= 0.3 is 0 Å². The summed E-state index contributed by atoms with van der Waals surface area (Å²) in [6.45, 7) is 12.2. The fraction of sp³-hybridized carbons (Fsp3) is 1.00. The molecule has 0 saturated heterocycles. The third kappa shape index (κ3) is 4.72. The van der Waals surface area contributed by atoms with Crippen LogP contribution in [-0.4, -0.2) is 21.0 Å². The highest BCUT2D eigenvalue weighted by Crippen LogP contribution is 2.36. The number of rotatable bonds is 5. The van der Waals surface area contributed by atoms with Crippen LogP contribution in [-0.2, 0) is 4.43 Å². The Morgan fingerprint density at radius 1 is 1.24 bits per heavy atom. The van der Waals surface area contributed by atoms with Crippen molar-refractivity contribution in [3.63, 3.8) is 0 Å². The first-order valence-electron chi connectivity index (χ1n) is 7.12. The molecule has 0 aromatic rings. The van der Waals surface area contributed by atoms with E-state index in [0.717, 1.165) is 18.9 Å². The summed E-state index contributed by atoms with van der Waals surface area (Å²) in [6.07, 6.45) is 6.73. The smallest absolute Gasteiger partial charge is 0.192 e. The molecule has 1 aliphatic carbocycles. The minimum atomic E-state index is -1.60. The summed E-state index contributed by atoms with van der Waals surface area (Å²) in [6, 6.07) is 0.243. The van der Waals surface area contributed by atoms with Gasteiger partial charge in [0, 0.05) is 12.6 Å². The van der Waals surface area contributed by atoms with E-state index in [4.69, 9.17) is 10.2 Å². The molecule has 1 atom stereocenters. The van der Waals surface area contributed by atoms with Crippen molar-refractivity contribution in [3.8, 4) is 0 Å². The van der Waals surface area contributed by atoms with Crippen molar-refractivity contribution in [2.45, 2.75) is 77.0 Å². The zero-order chi connectivity index (χ0) is 13.1. The fourth-order valence-corrected chi connectivity index (χ4v) is 3.34. The van der Waals surface area contributed by atoms with E-state index in [1.165, 1.54) is 25.7 Å². The summed E-state index contributed by atoms with van der Waals surface area (Å²) in [4.78, 5) is 0. The average Bonchev–Trinajstić information content (AvgIpc) is 2.66. The maximum Gasteiger partial charge on any atom is 0.192 e. The molecule has 1 aliphatic rings. The van der Waals surface area contributed by atoms with Crippen LogP contribution < -0.4 is 5.73 Å². The number of nitrogens with two attached hydrogens (primary N) is 1. The van der Waals surface area contributed by atoms with Gasteiger partial charge in [0.05, 0.1) is 0 Å². The third-order valence-electron chi connectivity index (χ3n) is 4.58. The second-order valence-electron chi connectivity index (χ2n) is 7.22. The van der Waals surface area contributed by atoms with Gasteiger partial charge in [0.2, 0.25) is 0 Å². The highest BCUT2D eigenvalue weighted by molar-refractivity contribution is 6.74. The van der Waals surface area contributed by atoms with Gasteiger partial charge in [0.25, 0.3) is 0 Å². The molecule has 1 saturated carbocycles. The lowest BCUT2D eigenvalue weighted by Crippen LogP contribution is -2.44. The Morgan fingerprint density at radius 3 is 2.24 bits per heavy atom. The van der Waals surface area contributed by atoms with Crippen LogP contribution in [0, 0.1) is 5.92 Å². The molecule has 1 rings (SSSR count). The second-order valence-corrected chi connectivity index (χ2v) is 12.0. The van der Waals surface area contributed by atoms with Crippen LogP contribution in [0.25, 0.3) is 0 Å². The van der Waals surface area contributed by atoms with Gasteiger partial charge in [-0.05, 0) is 30.5 Å². The average molecular weight is 257 g/mol. The minimum absolute atomic E-state index is 0.243. The van der Waals surface area contributed by atoms with E-state index in [-0.39, 0.29) is 6.04 Å². The molecule has 0 bridgehead atoms.